The molecule has 6 nitrogen and oxygen atoms in total. The van der Waals surface area contributed by atoms with Crippen LogP contribution in [0.4, 0.5) is 5.69 Å². The van der Waals surface area contributed by atoms with Gasteiger partial charge in [0.2, 0.25) is 0 Å². The lowest BCUT2D eigenvalue weighted by molar-refractivity contribution is -0.385. The Morgan fingerprint density at radius 1 is 1.29 bits per heavy atom. The first-order chi connectivity index (χ1) is 10.1. The molecular weight excluding hydrogens is 290 g/mol. The molecule has 0 radical (unpaired) electrons. The Kier molecular flexibility index (Phi) is 3.33. The standard InChI is InChI=1S/C14H9N3O3S/c18-13-9-11(15-14-16(13)7-8-21-14)6-5-10-3-1-2-4-12(10)17(19)20/h1-9H/b6-5+. The van der Waals surface area contributed by atoms with Gasteiger partial charge in [-0.2, -0.15) is 0 Å². The largest absolute Gasteiger partial charge is 0.276 e. The van der Waals surface area contributed by atoms with E-state index in [2.05, 4.69) is 4.98 Å². The van der Waals surface area contributed by atoms with Gasteiger partial charge in [0.05, 0.1) is 16.2 Å². The third kappa shape index (κ3) is 2.59. The number of benzene rings is 1. The molecule has 0 bridgehead atoms. The molecule has 0 N–H and O–H groups in total. The van der Waals surface area contributed by atoms with E-state index in [0.29, 0.717) is 16.2 Å². The first-order valence-electron chi connectivity index (χ1n) is 6.03. The van der Waals surface area contributed by atoms with Gasteiger partial charge in [0, 0.05) is 23.7 Å². The molecule has 0 atom stereocenters. The maximum absolute atomic E-state index is 11.8. The number of thiazole rings is 1. The average molecular weight is 299 g/mol. The smallest absolute Gasteiger partial charge is 0.269 e. The van der Waals surface area contributed by atoms with Crippen molar-refractivity contribution < 1.29 is 4.92 Å². The van der Waals surface area contributed by atoms with E-state index in [1.54, 1.807) is 41.9 Å². The summed E-state index contributed by atoms with van der Waals surface area (Å²) in [4.78, 5) is 27.2. The quantitative estimate of drug-likeness (QED) is 0.550. The zero-order chi connectivity index (χ0) is 14.8. The summed E-state index contributed by atoms with van der Waals surface area (Å²) in [6, 6.07) is 7.80. The number of rotatable bonds is 3. The molecule has 0 aliphatic rings. The zero-order valence-corrected chi connectivity index (χ0v) is 11.5. The molecule has 104 valence electrons. The molecule has 0 spiro atoms. The number of nitro groups is 1. The molecule has 21 heavy (non-hydrogen) atoms. The van der Waals surface area contributed by atoms with Crippen molar-refractivity contribution in [3.8, 4) is 0 Å². The Bertz CT molecular complexity index is 911. The first kappa shape index (κ1) is 13.2. The lowest BCUT2D eigenvalue weighted by atomic mass is 10.1. The first-order valence-corrected chi connectivity index (χ1v) is 6.91. The normalized spacial score (nSPS) is 11.2. The van der Waals surface area contributed by atoms with E-state index in [1.807, 2.05) is 0 Å². The molecule has 0 aliphatic carbocycles. The molecule has 0 aliphatic heterocycles. The second-order valence-corrected chi connectivity index (χ2v) is 5.10. The molecule has 0 saturated heterocycles. The predicted molar refractivity (Wildman–Crippen MR) is 81.4 cm³/mol. The van der Waals surface area contributed by atoms with E-state index >= 15 is 0 Å². The van der Waals surface area contributed by atoms with Gasteiger partial charge < -0.3 is 0 Å². The molecule has 2 aromatic heterocycles. The minimum absolute atomic E-state index is 0.0164. The van der Waals surface area contributed by atoms with Gasteiger partial charge in [-0.05, 0) is 18.2 Å². The van der Waals surface area contributed by atoms with Gasteiger partial charge in [0.25, 0.3) is 11.2 Å². The van der Waals surface area contributed by atoms with E-state index in [-0.39, 0.29) is 11.2 Å². The van der Waals surface area contributed by atoms with Crippen molar-refractivity contribution in [1.29, 1.82) is 0 Å². The lowest BCUT2D eigenvalue weighted by Gasteiger charge is -1.97. The van der Waals surface area contributed by atoms with Gasteiger partial charge in [-0.15, -0.1) is 11.3 Å². The number of hydrogen-bond acceptors (Lipinski definition) is 5. The van der Waals surface area contributed by atoms with Gasteiger partial charge in [0.1, 0.15) is 0 Å². The molecule has 3 rings (SSSR count). The third-order valence-electron chi connectivity index (χ3n) is 2.89. The minimum atomic E-state index is -0.440. The number of nitrogens with zero attached hydrogens (tertiary/aromatic N) is 3. The van der Waals surface area contributed by atoms with Crippen LogP contribution in [0, 0.1) is 10.1 Å². The summed E-state index contributed by atoms with van der Waals surface area (Å²) in [5, 5.41) is 12.7. The maximum atomic E-state index is 11.8. The van der Waals surface area contributed by atoms with Crippen LogP contribution in [0.25, 0.3) is 17.1 Å². The fraction of sp³-hybridized carbons (Fsp3) is 0. The van der Waals surface area contributed by atoms with E-state index in [4.69, 9.17) is 0 Å². The monoisotopic (exact) mass is 299 g/mol. The molecule has 0 amide bonds. The van der Waals surface area contributed by atoms with E-state index < -0.39 is 4.92 Å². The van der Waals surface area contributed by atoms with Crippen molar-refractivity contribution in [1.82, 2.24) is 9.38 Å². The van der Waals surface area contributed by atoms with Crippen LogP contribution in [0.15, 0.2) is 46.7 Å². The average Bonchev–Trinajstić information content (AvgIpc) is 2.94. The van der Waals surface area contributed by atoms with Gasteiger partial charge >= 0.3 is 0 Å². The van der Waals surface area contributed by atoms with Crippen LogP contribution in [0.2, 0.25) is 0 Å². The number of para-hydroxylation sites is 1. The van der Waals surface area contributed by atoms with Gasteiger partial charge in [-0.25, -0.2) is 4.98 Å². The van der Waals surface area contributed by atoms with Gasteiger partial charge in [-0.3, -0.25) is 19.3 Å². The van der Waals surface area contributed by atoms with Crippen LogP contribution in [-0.4, -0.2) is 14.3 Å². The summed E-state index contributed by atoms with van der Waals surface area (Å²) in [5.41, 5.74) is 0.780. The molecule has 2 heterocycles. The Balaban J connectivity index is 2.02. The van der Waals surface area contributed by atoms with E-state index in [9.17, 15) is 14.9 Å². The molecule has 0 saturated carbocycles. The predicted octanol–water partition coefficient (Wildman–Crippen LogP) is 2.83. The highest BCUT2D eigenvalue weighted by Crippen LogP contribution is 2.20. The second-order valence-electron chi connectivity index (χ2n) is 4.22. The molecule has 0 unspecified atom stereocenters. The Morgan fingerprint density at radius 3 is 2.90 bits per heavy atom. The zero-order valence-electron chi connectivity index (χ0n) is 10.7. The van der Waals surface area contributed by atoms with Crippen LogP contribution in [0.1, 0.15) is 11.3 Å². The summed E-state index contributed by atoms with van der Waals surface area (Å²) >= 11 is 1.36. The highest BCUT2D eigenvalue weighted by molar-refractivity contribution is 7.15. The SMILES string of the molecule is O=c1cc(/C=C/c2ccccc2[N+](=O)[O-])nc2sccn12. The molecule has 1 aromatic carbocycles. The molecule has 7 heteroatoms. The summed E-state index contributed by atoms with van der Waals surface area (Å²) < 4.78 is 1.45. The molecular formula is C14H9N3O3S. The number of nitro benzene ring substituents is 1. The summed E-state index contributed by atoms with van der Waals surface area (Å²) in [5.74, 6) is 0. The van der Waals surface area contributed by atoms with Crippen LogP contribution in [-0.2, 0) is 0 Å². The second kappa shape index (κ2) is 5.29. The fourth-order valence-corrected chi connectivity index (χ4v) is 2.64. The summed E-state index contributed by atoms with van der Waals surface area (Å²) in [6.45, 7) is 0. The Labute approximate surface area is 122 Å². The lowest BCUT2D eigenvalue weighted by Crippen LogP contribution is -2.11. The summed E-state index contributed by atoms with van der Waals surface area (Å²) in [6.07, 6.45) is 4.85. The van der Waals surface area contributed by atoms with Crippen LogP contribution >= 0.6 is 11.3 Å². The number of aromatic nitrogens is 2. The van der Waals surface area contributed by atoms with E-state index in [0.717, 1.165) is 0 Å². The highest BCUT2D eigenvalue weighted by atomic mass is 32.1. The van der Waals surface area contributed by atoms with Crippen LogP contribution < -0.4 is 5.56 Å². The fourth-order valence-electron chi connectivity index (χ4n) is 1.91. The molecule has 0 fully saturated rings. The van der Waals surface area contributed by atoms with Crippen molar-refractivity contribution in [2.24, 2.45) is 0 Å². The van der Waals surface area contributed by atoms with Crippen LogP contribution in [0.5, 0.6) is 0 Å². The van der Waals surface area contributed by atoms with Crippen molar-refractivity contribution in [3.63, 3.8) is 0 Å². The van der Waals surface area contributed by atoms with Crippen molar-refractivity contribution in [2.45, 2.75) is 0 Å². The minimum Gasteiger partial charge on any atom is -0.269 e. The van der Waals surface area contributed by atoms with Crippen molar-refractivity contribution in [2.75, 3.05) is 0 Å². The topological polar surface area (TPSA) is 77.5 Å². The highest BCUT2D eigenvalue weighted by Gasteiger charge is 2.09. The molecule has 3 aromatic rings. The van der Waals surface area contributed by atoms with Crippen molar-refractivity contribution >= 4 is 34.1 Å². The maximum Gasteiger partial charge on any atom is 0.276 e. The van der Waals surface area contributed by atoms with E-state index in [1.165, 1.54) is 27.9 Å². The number of hydrogen-bond donors (Lipinski definition) is 0. The van der Waals surface area contributed by atoms with Crippen molar-refractivity contribution in [3.05, 3.63) is 73.6 Å². The Hall–Kier alpha value is -2.80. The Morgan fingerprint density at radius 2 is 2.10 bits per heavy atom. The van der Waals surface area contributed by atoms with Crippen LogP contribution in [0.3, 0.4) is 0 Å². The van der Waals surface area contributed by atoms with Gasteiger partial charge in [-0.1, -0.05) is 12.1 Å². The van der Waals surface area contributed by atoms with Gasteiger partial charge in [0.15, 0.2) is 4.96 Å². The summed E-state index contributed by atoms with van der Waals surface area (Å²) in [7, 11) is 0. The number of fused-ring (bicyclic) bond motifs is 1. The third-order valence-corrected chi connectivity index (χ3v) is 3.65.